The van der Waals surface area contributed by atoms with Crippen molar-refractivity contribution in [3.63, 3.8) is 0 Å². The van der Waals surface area contributed by atoms with E-state index >= 15 is 0 Å². The predicted octanol–water partition coefficient (Wildman–Crippen LogP) is 3.71. The lowest BCUT2D eigenvalue weighted by atomic mass is 9.94. The maximum absolute atomic E-state index is 11.6. The average Bonchev–Trinajstić information content (AvgIpc) is 3.06. The number of pyridine rings is 1. The minimum Gasteiger partial charge on any atom is -0.506 e. The topological polar surface area (TPSA) is 85.3 Å². The summed E-state index contributed by atoms with van der Waals surface area (Å²) in [5.41, 5.74) is 6.48. The molecule has 0 fully saturated rings. The first-order valence-electron chi connectivity index (χ1n) is 10.8. The van der Waals surface area contributed by atoms with Gasteiger partial charge >= 0.3 is 0 Å². The van der Waals surface area contributed by atoms with Crippen molar-refractivity contribution >= 4 is 10.9 Å². The van der Waals surface area contributed by atoms with Gasteiger partial charge in [-0.25, -0.2) is 0 Å². The summed E-state index contributed by atoms with van der Waals surface area (Å²) >= 11 is 0. The van der Waals surface area contributed by atoms with E-state index in [1.165, 1.54) is 34.4 Å². The molecule has 3 aromatic rings. The molecule has 0 bridgehead atoms. The van der Waals surface area contributed by atoms with E-state index in [1.54, 1.807) is 12.1 Å². The Morgan fingerprint density at radius 3 is 2.60 bits per heavy atom. The van der Waals surface area contributed by atoms with Crippen molar-refractivity contribution in [1.29, 1.82) is 0 Å². The van der Waals surface area contributed by atoms with Crippen LogP contribution in [0.25, 0.3) is 10.9 Å². The molecule has 0 amide bonds. The summed E-state index contributed by atoms with van der Waals surface area (Å²) in [4.78, 5) is 14.3. The zero-order valence-electron chi connectivity index (χ0n) is 17.8. The number of aromatic hydroxyl groups is 1. The van der Waals surface area contributed by atoms with Gasteiger partial charge in [-0.2, -0.15) is 0 Å². The molecule has 1 heterocycles. The maximum atomic E-state index is 11.6. The van der Waals surface area contributed by atoms with Crippen molar-refractivity contribution in [3.05, 3.63) is 74.6 Å². The number of fused-ring (bicyclic) bond motifs is 2. The smallest absolute Gasteiger partial charge is 0.248 e. The number of aromatic nitrogens is 1. The number of aliphatic hydroxyl groups excluding tert-OH is 1. The Kier molecular flexibility index (Phi) is 5.67. The fraction of sp³-hybridized carbons (Fsp3) is 0.400. The van der Waals surface area contributed by atoms with Crippen LogP contribution in [0.15, 0.2) is 41.2 Å². The van der Waals surface area contributed by atoms with E-state index in [9.17, 15) is 15.0 Å². The summed E-state index contributed by atoms with van der Waals surface area (Å²) in [5, 5.41) is 25.1. The zero-order valence-corrected chi connectivity index (χ0v) is 17.8. The van der Waals surface area contributed by atoms with Gasteiger partial charge in [0, 0.05) is 24.0 Å². The van der Waals surface area contributed by atoms with Gasteiger partial charge in [-0.05, 0) is 65.1 Å². The Morgan fingerprint density at radius 1 is 1.13 bits per heavy atom. The molecular weight excluding hydrogens is 376 g/mol. The molecule has 0 spiro atoms. The highest BCUT2D eigenvalue weighted by atomic mass is 16.3. The second-order valence-electron chi connectivity index (χ2n) is 8.34. The molecule has 2 aromatic carbocycles. The van der Waals surface area contributed by atoms with Gasteiger partial charge < -0.3 is 20.5 Å². The number of rotatable bonds is 6. The van der Waals surface area contributed by atoms with E-state index in [0.29, 0.717) is 28.9 Å². The monoisotopic (exact) mass is 406 g/mol. The lowest BCUT2D eigenvalue weighted by molar-refractivity contribution is 0.170. The quantitative estimate of drug-likeness (QED) is 0.503. The van der Waals surface area contributed by atoms with Crippen molar-refractivity contribution in [2.45, 2.75) is 58.1 Å². The summed E-state index contributed by atoms with van der Waals surface area (Å²) in [5.74, 6) is 0.390. The molecule has 1 aliphatic rings. The van der Waals surface area contributed by atoms with Gasteiger partial charge in [-0.15, -0.1) is 0 Å². The Morgan fingerprint density at radius 2 is 1.87 bits per heavy atom. The van der Waals surface area contributed by atoms with E-state index in [-0.39, 0.29) is 17.4 Å². The van der Waals surface area contributed by atoms with Crippen LogP contribution in [0.4, 0.5) is 0 Å². The molecule has 2 unspecified atom stereocenters. The Bertz CT molecular complexity index is 1140. The van der Waals surface area contributed by atoms with E-state index in [0.717, 1.165) is 19.3 Å². The van der Waals surface area contributed by atoms with Crippen LogP contribution in [-0.4, -0.2) is 27.8 Å². The summed E-state index contributed by atoms with van der Waals surface area (Å²) in [7, 11) is 0. The molecule has 1 aliphatic carbocycles. The summed E-state index contributed by atoms with van der Waals surface area (Å²) in [6.45, 7) is 7.08. The average molecular weight is 407 g/mol. The lowest BCUT2D eigenvalue weighted by Gasteiger charge is -2.21. The third-order valence-corrected chi connectivity index (χ3v) is 6.60. The standard InChI is InChI=1S/C25H30N2O3/c1-4-15-10-17-12-21(14(3)20(17)11-16(15)5-2)26-13-23(29)18-6-8-22(28)25-19(18)7-9-24(30)27-25/h6-11,14,21,23,26,28-29H,4-5,12-13H2,1-3H3,(H,27,30)/t14?,21?,23-/m0/s1. The van der Waals surface area contributed by atoms with Gasteiger partial charge in [-0.3, -0.25) is 4.79 Å². The van der Waals surface area contributed by atoms with Crippen LogP contribution in [0.5, 0.6) is 5.75 Å². The van der Waals surface area contributed by atoms with Crippen molar-refractivity contribution in [2.24, 2.45) is 0 Å². The normalized spacial score (nSPS) is 19.2. The van der Waals surface area contributed by atoms with Crippen LogP contribution in [0.1, 0.15) is 60.6 Å². The van der Waals surface area contributed by atoms with Crippen LogP contribution in [0.2, 0.25) is 0 Å². The Hall–Kier alpha value is -2.63. The fourth-order valence-electron chi connectivity index (χ4n) is 4.82. The van der Waals surface area contributed by atoms with Gasteiger partial charge in [0.05, 0.1) is 11.6 Å². The van der Waals surface area contributed by atoms with Gasteiger partial charge in [0.1, 0.15) is 5.75 Å². The number of nitrogens with one attached hydrogen (secondary N) is 2. The van der Waals surface area contributed by atoms with Crippen LogP contribution in [0.3, 0.4) is 0 Å². The predicted molar refractivity (Wildman–Crippen MR) is 120 cm³/mol. The highest BCUT2D eigenvalue weighted by Crippen LogP contribution is 2.36. The molecule has 1 aromatic heterocycles. The second kappa shape index (κ2) is 8.25. The maximum Gasteiger partial charge on any atom is 0.248 e. The Balaban J connectivity index is 1.52. The molecule has 30 heavy (non-hydrogen) atoms. The largest absolute Gasteiger partial charge is 0.506 e. The van der Waals surface area contributed by atoms with E-state index in [2.05, 4.69) is 43.2 Å². The van der Waals surface area contributed by atoms with Crippen molar-refractivity contribution in [3.8, 4) is 5.75 Å². The second-order valence-corrected chi connectivity index (χ2v) is 8.34. The first-order valence-corrected chi connectivity index (χ1v) is 10.8. The molecule has 4 rings (SSSR count). The third kappa shape index (κ3) is 3.64. The highest BCUT2D eigenvalue weighted by molar-refractivity contribution is 5.87. The van der Waals surface area contributed by atoms with Gasteiger partial charge in [-0.1, -0.05) is 39.0 Å². The van der Waals surface area contributed by atoms with Gasteiger partial charge in [0.2, 0.25) is 5.56 Å². The molecule has 0 aliphatic heterocycles. The molecule has 5 nitrogen and oxygen atoms in total. The first kappa shape index (κ1) is 20.6. The SMILES string of the molecule is CCc1cc2c(cc1CC)C(C)C(NC[C@H](O)c1ccc(O)c3[nH]c(=O)ccc13)C2. The fourth-order valence-corrected chi connectivity index (χ4v) is 4.82. The van der Waals surface area contributed by atoms with Gasteiger partial charge in [0.15, 0.2) is 0 Å². The van der Waals surface area contributed by atoms with Crippen molar-refractivity contribution in [1.82, 2.24) is 10.3 Å². The van der Waals surface area contributed by atoms with Crippen molar-refractivity contribution in [2.75, 3.05) is 6.54 Å². The molecular formula is C25H30N2O3. The molecule has 3 atom stereocenters. The lowest BCUT2D eigenvalue weighted by Crippen LogP contribution is -2.35. The minimum absolute atomic E-state index is 0.00457. The molecule has 5 heteroatoms. The number of phenolic OH excluding ortho intramolecular Hbond substituents is 1. The zero-order chi connectivity index (χ0) is 21.4. The molecule has 0 saturated heterocycles. The van der Waals surface area contributed by atoms with Crippen LogP contribution in [0, 0.1) is 0 Å². The molecule has 4 N–H and O–H groups in total. The molecule has 0 saturated carbocycles. The Labute approximate surface area is 176 Å². The summed E-state index contributed by atoms with van der Waals surface area (Å²) in [6.07, 6.45) is 2.32. The number of aromatic amines is 1. The number of hydrogen-bond donors (Lipinski definition) is 4. The highest BCUT2D eigenvalue weighted by Gasteiger charge is 2.30. The van der Waals surface area contributed by atoms with E-state index in [1.807, 2.05) is 0 Å². The number of phenols is 1. The van der Waals surface area contributed by atoms with E-state index < -0.39 is 6.10 Å². The number of hydrogen-bond acceptors (Lipinski definition) is 4. The number of benzene rings is 2. The number of aryl methyl sites for hydroxylation is 2. The number of H-pyrrole nitrogens is 1. The van der Waals surface area contributed by atoms with Crippen LogP contribution < -0.4 is 10.9 Å². The number of aliphatic hydroxyl groups is 1. The third-order valence-electron chi connectivity index (χ3n) is 6.60. The van der Waals surface area contributed by atoms with Crippen molar-refractivity contribution < 1.29 is 10.2 Å². The van der Waals surface area contributed by atoms with E-state index in [4.69, 9.17) is 0 Å². The van der Waals surface area contributed by atoms with Crippen LogP contribution in [-0.2, 0) is 19.3 Å². The van der Waals surface area contributed by atoms with Gasteiger partial charge in [0.25, 0.3) is 0 Å². The molecule has 0 radical (unpaired) electrons. The summed E-state index contributed by atoms with van der Waals surface area (Å²) in [6, 6.07) is 11.3. The minimum atomic E-state index is -0.743. The van der Waals surface area contributed by atoms with Crippen LogP contribution >= 0.6 is 0 Å². The molecule has 158 valence electrons. The first-order chi connectivity index (χ1) is 14.4. The summed E-state index contributed by atoms with van der Waals surface area (Å²) < 4.78 is 0.